The second-order valence-electron chi connectivity index (χ2n) is 8.77. The highest BCUT2D eigenvalue weighted by Gasteiger charge is 2.21. The van der Waals surface area contributed by atoms with Gasteiger partial charge in [0.25, 0.3) is 0 Å². The summed E-state index contributed by atoms with van der Waals surface area (Å²) in [6, 6.07) is 30.4. The molecule has 2 heterocycles. The van der Waals surface area contributed by atoms with Crippen molar-refractivity contribution in [3.05, 3.63) is 96.1 Å². The molecule has 2 fully saturated rings. The normalized spacial score (nSPS) is 17.1. The Labute approximate surface area is 200 Å². The molecule has 4 heteroatoms. The van der Waals surface area contributed by atoms with E-state index in [2.05, 4.69) is 84.9 Å². The van der Waals surface area contributed by atoms with Crippen molar-refractivity contribution in [1.29, 1.82) is 0 Å². The summed E-state index contributed by atoms with van der Waals surface area (Å²) < 4.78 is 22.9. The largest absolute Gasteiger partial charge is 0.350 e. The van der Waals surface area contributed by atoms with Gasteiger partial charge in [0.15, 0.2) is 12.6 Å². The summed E-state index contributed by atoms with van der Waals surface area (Å²) >= 11 is 0. The molecule has 6 rings (SSSR count). The van der Waals surface area contributed by atoms with Gasteiger partial charge in [0.2, 0.25) is 0 Å². The van der Waals surface area contributed by atoms with Crippen molar-refractivity contribution in [3.8, 4) is 22.3 Å². The van der Waals surface area contributed by atoms with Crippen molar-refractivity contribution >= 4 is 10.8 Å². The number of ether oxygens (including phenoxy) is 4. The first kappa shape index (κ1) is 21.5. The summed E-state index contributed by atoms with van der Waals surface area (Å²) in [6.45, 7) is 2.67. The lowest BCUT2D eigenvalue weighted by atomic mass is 9.88. The van der Waals surface area contributed by atoms with Crippen molar-refractivity contribution in [1.82, 2.24) is 0 Å². The third kappa shape index (κ3) is 4.26. The van der Waals surface area contributed by atoms with Gasteiger partial charge in [-0.3, -0.25) is 0 Å². The van der Waals surface area contributed by atoms with Gasteiger partial charge < -0.3 is 18.9 Å². The monoisotopic (exact) mass is 452 g/mol. The molecule has 0 bridgehead atoms. The average molecular weight is 453 g/mol. The van der Waals surface area contributed by atoms with E-state index in [-0.39, 0.29) is 12.6 Å². The highest BCUT2D eigenvalue weighted by atomic mass is 16.7. The van der Waals surface area contributed by atoms with Gasteiger partial charge in [0.1, 0.15) is 0 Å². The van der Waals surface area contributed by atoms with Crippen LogP contribution in [0.25, 0.3) is 33.0 Å². The molecule has 0 amide bonds. The van der Waals surface area contributed by atoms with Crippen LogP contribution in [0.5, 0.6) is 0 Å². The smallest absolute Gasteiger partial charge is 0.161 e. The molecule has 4 aromatic carbocycles. The average Bonchev–Trinajstić information content (AvgIpc) is 3.59. The molecule has 0 saturated carbocycles. The van der Waals surface area contributed by atoms with E-state index in [0.717, 1.165) is 12.8 Å². The number of hydrogen-bond acceptors (Lipinski definition) is 4. The van der Waals surface area contributed by atoms with Crippen LogP contribution >= 0.6 is 0 Å². The van der Waals surface area contributed by atoms with Gasteiger partial charge in [0, 0.05) is 12.8 Å². The Balaban J connectivity index is 1.44. The SMILES string of the molecule is c1ccc(-c2ccc(-c3ccccc3CC3OCCO3)c3ccccc23)c(CC2OCCO2)c1. The Morgan fingerprint density at radius 1 is 0.441 bits per heavy atom. The summed E-state index contributed by atoms with van der Waals surface area (Å²) in [4.78, 5) is 0. The van der Waals surface area contributed by atoms with E-state index in [1.807, 2.05) is 0 Å². The van der Waals surface area contributed by atoms with Gasteiger partial charge in [-0.25, -0.2) is 0 Å². The van der Waals surface area contributed by atoms with E-state index in [9.17, 15) is 0 Å². The maximum absolute atomic E-state index is 5.74. The molecule has 0 atom stereocenters. The minimum atomic E-state index is -0.168. The third-order valence-electron chi connectivity index (χ3n) is 6.69. The minimum absolute atomic E-state index is 0.168. The van der Waals surface area contributed by atoms with Crippen LogP contribution < -0.4 is 0 Å². The minimum Gasteiger partial charge on any atom is -0.350 e. The van der Waals surface area contributed by atoms with E-state index in [1.54, 1.807) is 0 Å². The lowest BCUT2D eigenvalue weighted by Crippen LogP contribution is -2.12. The van der Waals surface area contributed by atoms with Gasteiger partial charge >= 0.3 is 0 Å². The fourth-order valence-electron chi connectivity index (χ4n) is 5.10. The number of hydrogen-bond donors (Lipinski definition) is 0. The maximum atomic E-state index is 5.74. The molecule has 0 radical (unpaired) electrons. The van der Waals surface area contributed by atoms with Gasteiger partial charge in [0.05, 0.1) is 26.4 Å². The number of rotatable bonds is 6. The lowest BCUT2D eigenvalue weighted by molar-refractivity contribution is -0.0401. The maximum Gasteiger partial charge on any atom is 0.161 e. The summed E-state index contributed by atoms with van der Waals surface area (Å²) in [5.41, 5.74) is 7.39. The molecule has 0 unspecified atom stereocenters. The molecule has 2 aliphatic rings. The predicted molar refractivity (Wildman–Crippen MR) is 134 cm³/mol. The fraction of sp³-hybridized carbons (Fsp3) is 0.267. The molecule has 4 aromatic rings. The third-order valence-corrected chi connectivity index (χ3v) is 6.69. The van der Waals surface area contributed by atoms with Gasteiger partial charge in [-0.15, -0.1) is 0 Å². The molecule has 4 nitrogen and oxygen atoms in total. The summed E-state index contributed by atoms with van der Waals surface area (Å²) in [6.07, 6.45) is 1.16. The topological polar surface area (TPSA) is 36.9 Å². The molecule has 0 spiro atoms. The van der Waals surface area contributed by atoms with Gasteiger partial charge in [-0.1, -0.05) is 84.9 Å². The predicted octanol–water partition coefficient (Wildman–Crippen LogP) is 6.00. The van der Waals surface area contributed by atoms with E-state index < -0.39 is 0 Å². The van der Waals surface area contributed by atoms with Crippen LogP contribution in [0.3, 0.4) is 0 Å². The highest BCUT2D eigenvalue weighted by Crippen LogP contribution is 2.38. The summed E-state index contributed by atoms with van der Waals surface area (Å²) in [5.74, 6) is 0. The molecule has 2 saturated heterocycles. The zero-order valence-electron chi connectivity index (χ0n) is 19.1. The Bertz CT molecular complexity index is 1190. The molecule has 0 aromatic heterocycles. The van der Waals surface area contributed by atoms with Gasteiger partial charge in [-0.05, 0) is 44.2 Å². The Morgan fingerprint density at radius 3 is 1.26 bits per heavy atom. The number of fused-ring (bicyclic) bond motifs is 1. The standard InChI is InChI=1S/C30H28O4/c1-3-9-23(21(7-1)19-29-31-15-16-32-29)27-13-14-28(26-12-6-5-11-25(26)27)24-10-4-2-8-22(24)20-30-33-17-18-34-30/h1-14,29-30H,15-20H2. The highest BCUT2D eigenvalue weighted by molar-refractivity contribution is 6.05. The second-order valence-corrected chi connectivity index (χ2v) is 8.77. The Hall–Kier alpha value is -3.02. The number of benzene rings is 4. The zero-order chi connectivity index (χ0) is 22.7. The van der Waals surface area contributed by atoms with Crippen molar-refractivity contribution in [3.63, 3.8) is 0 Å². The van der Waals surface area contributed by atoms with E-state index in [4.69, 9.17) is 18.9 Å². The molecule has 2 aliphatic heterocycles. The molecule has 0 N–H and O–H groups in total. The van der Waals surface area contributed by atoms with Crippen LogP contribution in [-0.2, 0) is 31.8 Å². The molecule has 0 aliphatic carbocycles. The van der Waals surface area contributed by atoms with Gasteiger partial charge in [-0.2, -0.15) is 0 Å². The Morgan fingerprint density at radius 2 is 0.824 bits per heavy atom. The van der Waals surface area contributed by atoms with Crippen LogP contribution in [-0.4, -0.2) is 39.0 Å². The van der Waals surface area contributed by atoms with Crippen LogP contribution in [0.1, 0.15) is 11.1 Å². The first-order chi connectivity index (χ1) is 16.9. The van der Waals surface area contributed by atoms with Crippen molar-refractivity contribution in [2.75, 3.05) is 26.4 Å². The van der Waals surface area contributed by atoms with E-state index >= 15 is 0 Å². The Kier molecular flexibility index (Phi) is 6.13. The molecular formula is C30H28O4. The van der Waals surface area contributed by atoms with Crippen LogP contribution in [0, 0.1) is 0 Å². The lowest BCUT2D eigenvalue weighted by Gasteiger charge is -2.18. The summed E-state index contributed by atoms with van der Waals surface area (Å²) in [5, 5.41) is 2.48. The van der Waals surface area contributed by atoms with Crippen molar-refractivity contribution in [2.24, 2.45) is 0 Å². The van der Waals surface area contributed by atoms with Crippen molar-refractivity contribution < 1.29 is 18.9 Å². The second kappa shape index (κ2) is 9.69. The van der Waals surface area contributed by atoms with E-state index in [1.165, 1.54) is 44.2 Å². The van der Waals surface area contributed by atoms with Crippen LogP contribution in [0.2, 0.25) is 0 Å². The van der Waals surface area contributed by atoms with E-state index in [0.29, 0.717) is 26.4 Å². The van der Waals surface area contributed by atoms with Crippen molar-refractivity contribution in [2.45, 2.75) is 25.4 Å². The first-order valence-electron chi connectivity index (χ1n) is 12.0. The van der Waals surface area contributed by atoms with Crippen LogP contribution in [0.4, 0.5) is 0 Å². The first-order valence-corrected chi connectivity index (χ1v) is 12.0. The molecule has 172 valence electrons. The quantitative estimate of drug-likeness (QED) is 0.359. The zero-order valence-corrected chi connectivity index (χ0v) is 19.1. The summed E-state index contributed by atoms with van der Waals surface area (Å²) in [7, 11) is 0. The van der Waals surface area contributed by atoms with Crippen LogP contribution in [0.15, 0.2) is 84.9 Å². The molecule has 34 heavy (non-hydrogen) atoms. The fourth-order valence-corrected chi connectivity index (χ4v) is 5.10. The molecular weight excluding hydrogens is 424 g/mol.